The van der Waals surface area contributed by atoms with Crippen molar-refractivity contribution in [2.45, 2.75) is 65.2 Å². The van der Waals surface area contributed by atoms with E-state index < -0.39 is 0 Å². The van der Waals surface area contributed by atoms with Crippen molar-refractivity contribution in [3.05, 3.63) is 35.8 Å². The Morgan fingerprint density at radius 1 is 1.07 bits per heavy atom. The van der Waals surface area contributed by atoms with Crippen LogP contribution in [0.3, 0.4) is 0 Å². The van der Waals surface area contributed by atoms with Crippen molar-refractivity contribution in [1.82, 2.24) is 14.8 Å². The second-order valence-corrected chi connectivity index (χ2v) is 8.61. The highest BCUT2D eigenvalue weighted by molar-refractivity contribution is 6.62. The molecule has 4 heterocycles. The van der Waals surface area contributed by atoms with E-state index in [9.17, 15) is 0 Å². The molecule has 144 valence electrons. The van der Waals surface area contributed by atoms with Crippen LogP contribution in [-0.2, 0) is 15.9 Å². The van der Waals surface area contributed by atoms with Gasteiger partial charge in [0, 0.05) is 30.4 Å². The fourth-order valence-electron chi connectivity index (χ4n) is 3.65. The van der Waals surface area contributed by atoms with Crippen LogP contribution < -0.4 is 10.4 Å². The molecule has 2 aromatic heterocycles. The van der Waals surface area contributed by atoms with Gasteiger partial charge in [-0.15, -0.1) is 0 Å². The molecule has 4 rings (SSSR count). The van der Waals surface area contributed by atoms with Gasteiger partial charge in [0.15, 0.2) is 0 Å². The molecule has 0 aromatic carbocycles. The average Bonchev–Trinajstić information content (AvgIpc) is 3.29. The van der Waals surface area contributed by atoms with Crippen LogP contribution in [0.15, 0.2) is 24.4 Å². The maximum Gasteiger partial charge on any atom is 0.498 e. The van der Waals surface area contributed by atoms with Crippen LogP contribution in [0.4, 0.5) is 5.82 Å². The van der Waals surface area contributed by atoms with Crippen LogP contribution in [-0.4, -0.2) is 46.2 Å². The van der Waals surface area contributed by atoms with E-state index in [0.29, 0.717) is 6.54 Å². The molecule has 2 saturated heterocycles. The minimum Gasteiger partial charge on any atom is -0.399 e. The van der Waals surface area contributed by atoms with Crippen molar-refractivity contribution in [3.63, 3.8) is 0 Å². The summed E-state index contributed by atoms with van der Waals surface area (Å²) in [5, 5.41) is 4.58. The van der Waals surface area contributed by atoms with Crippen molar-refractivity contribution in [1.29, 1.82) is 0 Å². The van der Waals surface area contributed by atoms with E-state index in [1.165, 1.54) is 12.8 Å². The number of nitrogens with zero attached hydrogens (tertiary/aromatic N) is 4. The zero-order valence-electron chi connectivity index (χ0n) is 17.0. The predicted octanol–water partition coefficient (Wildman–Crippen LogP) is 2.53. The van der Waals surface area contributed by atoms with Gasteiger partial charge in [0.05, 0.1) is 23.4 Å². The lowest BCUT2D eigenvalue weighted by atomic mass is 9.79. The molecular weight excluding hydrogens is 339 g/mol. The minimum absolute atomic E-state index is 0.349. The Hall–Kier alpha value is -1.86. The topological polar surface area (TPSA) is 52.4 Å². The van der Waals surface area contributed by atoms with Gasteiger partial charge in [-0.3, -0.25) is 4.68 Å². The van der Waals surface area contributed by atoms with Crippen molar-refractivity contribution in [2.24, 2.45) is 0 Å². The number of hydrogen-bond acceptors (Lipinski definition) is 5. The first-order valence-electron chi connectivity index (χ1n) is 9.86. The molecule has 2 fully saturated rings. The SMILES string of the molecule is Cc1c(B2OC(C)(C)C(C)(C)O2)cnn1Cc1cccc(N2CCCC2)n1. The molecule has 0 N–H and O–H groups in total. The second-order valence-electron chi connectivity index (χ2n) is 8.61. The molecule has 0 radical (unpaired) electrons. The van der Waals surface area contributed by atoms with Gasteiger partial charge < -0.3 is 14.2 Å². The summed E-state index contributed by atoms with van der Waals surface area (Å²) in [6.07, 6.45) is 4.37. The van der Waals surface area contributed by atoms with E-state index in [2.05, 4.69) is 62.8 Å². The summed E-state index contributed by atoms with van der Waals surface area (Å²) in [5.41, 5.74) is 2.37. The zero-order chi connectivity index (χ0) is 19.2. The van der Waals surface area contributed by atoms with Gasteiger partial charge >= 0.3 is 7.12 Å². The third-order valence-corrected chi connectivity index (χ3v) is 6.18. The van der Waals surface area contributed by atoms with E-state index in [4.69, 9.17) is 14.3 Å². The van der Waals surface area contributed by atoms with Gasteiger partial charge in [0.1, 0.15) is 5.82 Å². The molecule has 0 saturated carbocycles. The van der Waals surface area contributed by atoms with Crippen LogP contribution in [0.25, 0.3) is 0 Å². The van der Waals surface area contributed by atoms with E-state index in [1.54, 1.807) is 0 Å². The van der Waals surface area contributed by atoms with E-state index in [-0.39, 0.29) is 18.3 Å². The molecule has 7 heteroatoms. The molecule has 0 spiro atoms. The monoisotopic (exact) mass is 368 g/mol. The predicted molar refractivity (Wildman–Crippen MR) is 107 cm³/mol. The highest BCUT2D eigenvalue weighted by Gasteiger charge is 2.52. The molecule has 6 nitrogen and oxygen atoms in total. The summed E-state index contributed by atoms with van der Waals surface area (Å²) in [6, 6.07) is 6.25. The Kier molecular flexibility index (Phi) is 4.55. The normalized spacial score (nSPS) is 21.2. The van der Waals surface area contributed by atoms with E-state index in [0.717, 1.165) is 35.8 Å². The molecule has 0 unspecified atom stereocenters. The molecular formula is C20H29BN4O2. The van der Waals surface area contributed by atoms with Crippen LogP contribution in [0, 0.1) is 6.92 Å². The lowest BCUT2D eigenvalue weighted by Crippen LogP contribution is -2.41. The lowest BCUT2D eigenvalue weighted by molar-refractivity contribution is 0.00578. The quantitative estimate of drug-likeness (QED) is 0.777. The number of anilines is 1. The van der Waals surface area contributed by atoms with Gasteiger partial charge in [-0.05, 0) is 59.6 Å². The molecule has 27 heavy (non-hydrogen) atoms. The van der Waals surface area contributed by atoms with E-state index in [1.807, 2.05) is 10.9 Å². The van der Waals surface area contributed by atoms with Crippen LogP contribution in [0.1, 0.15) is 51.9 Å². The second kappa shape index (κ2) is 6.64. The van der Waals surface area contributed by atoms with Gasteiger partial charge in [0.25, 0.3) is 0 Å². The molecule has 2 aliphatic rings. The summed E-state index contributed by atoms with van der Waals surface area (Å²) in [5.74, 6) is 1.07. The smallest absolute Gasteiger partial charge is 0.399 e. The van der Waals surface area contributed by atoms with Gasteiger partial charge in [-0.1, -0.05) is 6.07 Å². The maximum atomic E-state index is 6.18. The van der Waals surface area contributed by atoms with Gasteiger partial charge in [-0.2, -0.15) is 5.10 Å². The summed E-state index contributed by atoms with van der Waals surface area (Å²) >= 11 is 0. The number of pyridine rings is 1. The Balaban J connectivity index is 1.53. The standard InChI is InChI=1S/C20H29BN4O2/c1-15-17(21-26-19(2,3)20(4,5)27-21)13-22-25(15)14-16-9-8-10-18(23-16)24-11-6-7-12-24/h8-10,13H,6-7,11-12,14H2,1-5H3. The number of hydrogen-bond donors (Lipinski definition) is 0. The Bertz CT molecular complexity index is 811. The first-order valence-corrected chi connectivity index (χ1v) is 9.86. The molecule has 0 atom stereocenters. The minimum atomic E-state index is -0.382. The highest BCUT2D eigenvalue weighted by Crippen LogP contribution is 2.36. The van der Waals surface area contributed by atoms with Crippen molar-refractivity contribution < 1.29 is 9.31 Å². The summed E-state index contributed by atoms with van der Waals surface area (Å²) < 4.78 is 14.3. The fourth-order valence-corrected chi connectivity index (χ4v) is 3.65. The summed E-state index contributed by atoms with van der Waals surface area (Å²) in [6.45, 7) is 13.2. The highest BCUT2D eigenvalue weighted by atomic mass is 16.7. The number of aromatic nitrogens is 3. The third-order valence-electron chi connectivity index (χ3n) is 6.18. The largest absolute Gasteiger partial charge is 0.498 e. The molecule has 2 aliphatic heterocycles. The van der Waals surface area contributed by atoms with Crippen LogP contribution >= 0.6 is 0 Å². The first kappa shape index (κ1) is 18.5. The molecule has 2 aromatic rings. The first-order chi connectivity index (χ1) is 12.8. The van der Waals surface area contributed by atoms with Crippen molar-refractivity contribution in [2.75, 3.05) is 18.0 Å². The van der Waals surface area contributed by atoms with E-state index >= 15 is 0 Å². The zero-order valence-corrected chi connectivity index (χ0v) is 17.0. The van der Waals surface area contributed by atoms with Gasteiger partial charge in [-0.25, -0.2) is 4.98 Å². The Labute approximate surface area is 162 Å². The molecule has 0 amide bonds. The third kappa shape index (κ3) is 3.38. The Morgan fingerprint density at radius 2 is 1.74 bits per heavy atom. The fraction of sp³-hybridized carbons (Fsp3) is 0.600. The Morgan fingerprint density at radius 3 is 2.41 bits per heavy atom. The summed E-state index contributed by atoms with van der Waals surface area (Å²) in [4.78, 5) is 7.20. The van der Waals surface area contributed by atoms with Crippen LogP contribution in [0.2, 0.25) is 0 Å². The van der Waals surface area contributed by atoms with Crippen LogP contribution in [0.5, 0.6) is 0 Å². The number of rotatable bonds is 4. The van der Waals surface area contributed by atoms with Crippen molar-refractivity contribution in [3.8, 4) is 0 Å². The van der Waals surface area contributed by atoms with Crippen molar-refractivity contribution >= 4 is 18.4 Å². The molecule has 0 bridgehead atoms. The van der Waals surface area contributed by atoms with Gasteiger partial charge in [0.2, 0.25) is 0 Å². The summed E-state index contributed by atoms with van der Waals surface area (Å²) in [7, 11) is -0.382. The maximum absolute atomic E-state index is 6.18. The average molecular weight is 368 g/mol. The lowest BCUT2D eigenvalue weighted by Gasteiger charge is -2.32. The molecule has 0 aliphatic carbocycles.